The van der Waals surface area contributed by atoms with Crippen LogP contribution in [0.15, 0.2) is 224 Å². The summed E-state index contributed by atoms with van der Waals surface area (Å²) < 4.78 is 2.49. The van der Waals surface area contributed by atoms with E-state index in [1.165, 1.54) is 93.8 Å². The average molecular weight is 789 g/mol. The summed E-state index contributed by atoms with van der Waals surface area (Å²) in [6.07, 6.45) is 0. The molecule has 0 aliphatic heterocycles. The standard InChI is InChI=1S/C60H40N2/c1-39-30-35-58(52(36-39)45-25-15-17-40-16-5-6-20-44(40)45)62-57-29-14-10-24-50(57)51-34-32-43(38-59(51)62)61(41-18-3-2-4-19-41)42-31-33-49-48-23-9-13-28-55(48)60(56(49)37-42)53-26-11-7-21-46(53)47-22-8-12-27-54(47)60/h2-38H,1H3. The van der Waals surface area contributed by atoms with Crippen LogP contribution in [-0.4, -0.2) is 4.57 Å². The van der Waals surface area contributed by atoms with Crippen molar-refractivity contribution in [3.63, 3.8) is 0 Å². The lowest BCUT2D eigenvalue weighted by atomic mass is 9.70. The Labute approximate surface area is 361 Å². The number of nitrogens with zero attached hydrogens (tertiary/aromatic N) is 2. The fraction of sp³-hybridized carbons (Fsp3) is 0.0333. The quantitative estimate of drug-likeness (QED) is 0.169. The Morgan fingerprint density at radius 1 is 0.339 bits per heavy atom. The summed E-state index contributed by atoms with van der Waals surface area (Å²) in [7, 11) is 0. The minimum atomic E-state index is -0.433. The molecule has 0 radical (unpaired) electrons. The molecule has 0 saturated heterocycles. The minimum Gasteiger partial charge on any atom is -0.310 e. The second kappa shape index (κ2) is 13.3. The Hall–Kier alpha value is -7.94. The fourth-order valence-corrected chi connectivity index (χ4v) is 11.1. The van der Waals surface area contributed by atoms with Crippen LogP contribution < -0.4 is 4.90 Å². The van der Waals surface area contributed by atoms with Gasteiger partial charge in [0.25, 0.3) is 0 Å². The van der Waals surface area contributed by atoms with Crippen LogP contribution in [0, 0.1) is 6.92 Å². The topological polar surface area (TPSA) is 8.17 Å². The molecule has 0 unspecified atom stereocenters. The number of para-hydroxylation sites is 2. The number of rotatable bonds is 5. The van der Waals surface area contributed by atoms with Gasteiger partial charge < -0.3 is 9.47 Å². The molecular formula is C60H40N2. The highest BCUT2D eigenvalue weighted by Crippen LogP contribution is 2.63. The van der Waals surface area contributed by atoms with E-state index in [0.29, 0.717) is 0 Å². The molecule has 2 heteroatoms. The zero-order valence-corrected chi connectivity index (χ0v) is 34.3. The Kier molecular flexibility index (Phi) is 7.47. The Morgan fingerprint density at radius 2 is 0.887 bits per heavy atom. The first-order valence-electron chi connectivity index (χ1n) is 21.6. The molecule has 0 atom stereocenters. The van der Waals surface area contributed by atoms with Gasteiger partial charge in [-0.25, -0.2) is 0 Å². The van der Waals surface area contributed by atoms with Crippen molar-refractivity contribution in [3.8, 4) is 39.1 Å². The van der Waals surface area contributed by atoms with Crippen LogP contribution in [0.25, 0.3) is 71.6 Å². The van der Waals surface area contributed by atoms with E-state index in [0.717, 1.165) is 22.7 Å². The van der Waals surface area contributed by atoms with Crippen LogP contribution in [-0.2, 0) is 5.41 Å². The molecule has 11 aromatic rings. The van der Waals surface area contributed by atoms with E-state index in [2.05, 4.69) is 241 Å². The molecule has 1 aromatic heterocycles. The van der Waals surface area contributed by atoms with E-state index < -0.39 is 5.41 Å². The van der Waals surface area contributed by atoms with Crippen molar-refractivity contribution in [1.82, 2.24) is 4.57 Å². The van der Waals surface area contributed by atoms with Gasteiger partial charge in [-0.3, -0.25) is 0 Å². The minimum absolute atomic E-state index is 0.433. The van der Waals surface area contributed by atoms with Gasteiger partial charge in [-0.2, -0.15) is 0 Å². The van der Waals surface area contributed by atoms with Crippen molar-refractivity contribution in [2.45, 2.75) is 12.3 Å². The van der Waals surface area contributed by atoms with Crippen molar-refractivity contribution >= 4 is 49.6 Å². The lowest BCUT2D eigenvalue weighted by molar-refractivity contribution is 0.793. The molecule has 0 fully saturated rings. The number of hydrogen-bond acceptors (Lipinski definition) is 1. The number of benzene rings is 10. The molecule has 1 spiro atoms. The Morgan fingerprint density at radius 3 is 1.63 bits per heavy atom. The summed E-state index contributed by atoms with van der Waals surface area (Å²) in [5.74, 6) is 0. The summed E-state index contributed by atoms with van der Waals surface area (Å²) in [6.45, 7) is 2.20. The first-order valence-corrected chi connectivity index (χ1v) is 21.6. The maximum atomic E-state index is 2.49. The van der Waals surface area contributed by atoms with Crippen molar-refractivity contribution in [2.75, 3.05) is 4.90 Å². The van der Waals surface area contributed by atoms with Crippen LogP contribution in [0.4, 0.5) is 17.1 Å². The van der Waals surface area contributed by atoms with Gasteiger partial charge in [0, 0.05) is 33.4 Å². The lowest BCUT2D eigenvalue weighted by Gasteiger charge is -2.32. The molecule has 0 bridgehead atoms. The van der Waals surface area contributed by atoms with E-state index in [1.54, 1.807) is 0 Å². The zero-order chi connectivity index (χ0) is 40.9. The van der Waals surface area contributed by atoms with E-state index in [4.69, 9.17) is 0 Å². The van der Waals surface area contributed by atoms with E-state index in [1.807, 2.05) is 0 Å². The molecule has 290 valence electrons. The summed E-state index contributed by atoms with van der Waals surface area (Å²) in [4.78, 5) is 2.45. The smallest absolute Gasteiger partial charge is 0.0726 e. The molecule has 0 amide bonds. The number of anilines is 3. The SMILES string of the molecule is Cc1ccc(-n2c3ccccc3c3ccc(N(c4ccccc4)c4ccc5c(c4)C4(c6ccccc6-c6ccccc64)c4ccccc4-5)cc32)c(-c2cccc3ccccc23)c1. The van der Waals surface area contributed by atoms with Crippen LogP contribution in [0.3, 0.4) is 0 Å². The third-order valence-electron chi connectivity index (χ3n) is 13.6. The molecule has 2 aliphatic carbocycles. The highest BCUT2D eigenvalue weighted by molar-refractivity contribution is 6.11. The predicted molar refractivity (Wildman–Crippen MR) is 259 cm³/mol. The number of aromatic nitrogens is 1. The van der Waals surface area contributed by atoms with Crippen molar-refractivity contribution in [1.29, 1.82) is 0 Å². The maximum absolute atomic E-state index is 2.49. The van der Waals surface area contributed by atoms with Gasteiger partial charge >= 0.3 is 0 Å². The van der Waals surface area contributed by atoms with Gasteiger partial charge in [-0.05, 0) is 122 Å². The molecule has 10 aromatic carbocycles. The Balaban J connectivity index is 1.07. The molecule has 13 rings (SSSR count). The number of fused-ring (bicyclic) bond motifs is 14. The van der Waals surface area contributed by atoms with Crippen molar-refractivity contribution in [2.24, 2.45) is 0 Å². The molecule has 0 N–H and O–H groups in total. The summed E-state index contributed by atoms with van der Waals surface area (Å²) >= 11 is 0. The fourth-order valence-electron chi connectivity index (χ4n) is 11.1. The lowest BCUT2D eigenvalue weighted by Crippen LogP contribution is -2.26. The van der Waals surface area contributed by atoms with E-state index in [9.17, 15) is 0 Å². The third kappa shape index (κ3) is 4.81. The number of hydrogen-bond donors (Lipinski definition) is 0. The highest BCUT2D eigenvalue weighted by Gasteiger charge is 2.51. The second-order valence-electron chi connectivity index (χ2n) is 16.9. The van der Waals surface area contributed by atoms with Gasteiger partial charge in [-0.1, -0.05) is 175 Å². The number of aryl methyl sites for hydroxylation is 1. The van der Waals surface area contributed by atoms with Gasteiger partial charge in [0.2, 0.25) is 0 Å². The maximum Gasteiger partial charge on any atom is 0.0726 e. The van der Waals surface area contributed by atoms with Gasteiger partial charge in [0.1, 0.15) is 0 Å². The average Bonchev–Trinajstić information content (AvgIpc) is 3.93. The molecule has 2 nitrogen and oxygen atoms in total. The predicted octanol–water partition coefficient (Wildman–Crippen LogP) is 15.7. The van der Waals surface area contributed by atoms with Gasteiger partial charge in [0.05, 0.1) is 22.1 Å². The van der Waals surface area contributed by atoms with E-state index in [-0.39, 0.29) is 0 Å². The molecular weight excluding hydrogens is 749 g/mol. The normalized spacial score (nSPS) is 13.0. The first-order chi connectivity index (χ1) is 30.7. The highest BCUT2D eigenvalue weighted by atomic mass is 15.1. The monoisotopic (exact) mass is 788 g/mol. The third-order valence-corrected chi connectivity index (χ3v) is 13.6. The summed E-state index contributed by atoms with van der Waals surface area (Å²) in [6, 6.07) is 83.5. The van der Waals surface area contributed by atoms with Crippen molar-refractivity contribution < 1.29 is 0 Å². The van der Waals surface area contributed by atoms with Gasteiger partial charge in [-0.15, -0.1) is 0 Å². The summed E-state index contributed by atoms with van der Waals surface area (Å²) in [5.41, 5.74) is 20.7. The van der Waals surface area contributed by atoms with Gasteiger partial charge in [0.15, 0.2) is 0 Å². The first kappa shape index (κ1) is 34.9. The van der Waals surface area contributed by atoms with E-state index >= 15 is 0 Å². The zero-order valence-electron chi connectivity index (χ0n) is 34.3. The molecule has 1 heterocycles. The largest absolute Gasteiger partial charge is 0.310 e. The van der Waals surface area contributed by atoms with Crippen LogP contribution in [0.1, 0.15) is 27.8 Å². The molecule has 2 aliphatic rings. The molecule has 0 saturated carbocycles. The molecule has 62 heavy (non-hydrogen) atoms. The Bertz CT molecular complexity index is 3540. The second-order valence-corrected chi connectivity index (χ2v) is 16.9. The van der Waals surface area contributed by atoms with Crippen molar-refractivity contribution in [3.05, 3.63) is 252 Å². The van der Waals surface area contributed by atoms with Crippen LogP contribution in [0.5, 0.6) is 0 Å². The summed E-state index contributed by atoms with van der Waals surface area (Å²) in [5, 5.41) is 4.96. The van der Waals surface area contributed by atoms with Crippen LogP contribution >= 0.6 is 0 Å². The van der Waals surface area contributed by atoms with Crippen LogP contribution in [0.2, 0.25) is 0 Å².